The van der Waals surface area contributed by atoms with Crippen molar-refractivity contribution in [3.8, 4) is 0 Å². The fraction of sp³-hybridized carbons (Fsp3) is 0.700. The molecule has 0 aromatic rings. The number of likely N-dealkylation sites (N-methyl/N-ethyl adjacent to an activating group) is 1. The van der Waals surface area contributed by atoms with Gasteiger partial charge in [-0.2, -0.15) is 0 Å². The molecule has 0 aliphatic heterocycles. The Kier molecular flexibility index (Phi) is 5.95. The molecule has 5 nitrogen and oxygen atoms in total. The Balaban J connectivity index is 4.36. The van der Waals surface area contributed by atoms with Gasteiger partial charge in [0.25, 0.3) is 0 Å². The summed E-state index contributed by atoms with van der Waals surface area (Å²) in [4.78, 5) is 22.9. The second-order valence-electron chi connectivity index (χ2n) is 3.76. The Morgan fingerprint density at radius 3 is 2.06 bits per heavy atom. The summed E-state index contributed by atoms with van der Waals surface area (Å²) in [5.74, 6) is -2.58. The van der Waals surface area contributed by atoms with E-state index < -0.39 is 17.8 Å². The second-order valence-corrected chi connectivity index (χ2v) is 4.20. The fourth-order valence-corrected chi connectivity index (χ4v) is 1.13. The molecule has 92 valence electrons. The number of carboxylic acid groups (broad SMARTS) is 1. The van der Waals surface area contributed by atoms with Crippen LogP contribution in [0.4, 0.5) is 0 Å². The highest BCUT2D eigenvalue weighted by Crippen LogP contribution is 2.11. The second kappa shape index (κ2) is 6.42. The molecule has 3 unspecified atom stereocenters. The largest absolute Gasteiger partial charge is 0.481 e. The van der Waals surface area contributed by atoms with E-state index in [0.717, 1.165) is 0 Å². The van der Waals surface area contributed by atoms with Crippen LogP contribution in [0.2, 0.25) is 0 Å². The van der Waals surface area contributed by atoms with Gasteiger partial charge in [-0.3, -0.25) is 9.59 Å². The van der Waals surface area contributed by atoms with Crippen molar-refractivity contribution in [3.63, 3.8) is 0 Å². The van der Waals surface area contributed by atoms with Crippen LogP contribution in [-0.4, -0.2) is 35.1 Å². The van der Waals surface area contributed by atoms with Crippen LogP contribution in [0, 0.1) is 11.8 Å². The number of aliphatic carboxylic acids is 1. The first-order valence-corrected chi connectivity index (χ1v) is 5.46. The van der Waals surface area contributed by atoms with Crippen molar-refractivity contribution in [2.45, 2.75) is 26.8 Å². The van der Waals surface area contributed by atoms with Gasteiger partial charge in [-0.05, 0) is 6.92 Å². The molecule has 0 aliphatic rings. The molecule has 0 aromatic carbocycles. The van der Waals surface area contributed by atoms with E-state index in [1.54, 1.807) is 20.9 Å². The minimum absolute atomic E-state index is 0.295. The van der Waals surface area contributed by atoms with Gasteiger partial charge < -0.3 is 15.7 Å². The van der Waals surface area contributed by atoms with E-state index in [4.69, 9.17) is 17.3 Å². The molecule has 16 heavy (non-hydrogen) atoms. The van der Waals surface area contributed by atoms with Crippen LogP contribution in [-0.2, 0) is 9.59 Å². The first-order valence-electron chi connectivity index (χ1n) is 5.06. The molecule has 0 aliphatic carbocycles. The van der Waals surface area contributed by atoms with Crippen molar-refractivity contribution >= 4 is 29.1 Å². The molecule has 0 fully saturated rings. The Morgan fingerprint density at radius 1 is 1.19 bits per heavy atom. The number of hydrogen-bond donors (Lipinski definition) is 3. The average Bonchev–Trinajstić information content (AvgIpc) is 2.25. The highest BCUT2D eigenvalue weighted by atomic mass is 32.1. The van der Waals surface area contributed by atoms with Gasteiger partial charge in [0.2, 0.25) is 5.91 Å². The van der Waals surface area contributed by atoms with Crippen LogP contribution in [0.15, 0.2) is 0 Å². The molecule has 0 radical (unpaired) electrons. The van der Waals surface area contributed by atoms with Gasteiger partial charge in [0.1, 0.15) is 0 Å². The van der Waals surface area contributed by atoms with E-state index in [9.17, 15) is 9.59 Å². The number of carbonyl (C=O) groups excluding carboxylic acids is 1. The summed E-state index contributed by atoms with van der Waals surface area (Å²) in [6.45, 7) is 4.84. The average molecular weight is 246 g/mol. The van der Waals surface area contributed by atoms with E-state index in [2.05, 4.69) is 10.6 Å². The highest BCUT2D eigenvalue weighted by Gasteiger charge is 2.26. The number of hydrogen-bond acceptors (Lipinski definition) is 3. The Hall–Kier alpha value is -1.17. The standard InChI is InChI=1S/C10H18N2O3S/c1-5(6(2)10(14)15)8(13)12-7(3)9(16)11-4/h5-7H,1-4H3,(H,11,16)(H,12,13)(H,14,15). The zero-order valence-electron chi connectivity index (χ0n) is 9.90. The molecule has 0 rings (SSSR count). The smallest absolute Gasteiger partial charge is 0.307 e. The molecule has 3 atom stereocenters. The molecule has 1 amide bonds. The van der Waals surface area contributed by atoms with E-state index in [-0.39, 0.29) is 11.9 Å². The summed E-state index contributed by atoms with van der Waals surface area (Å²) < 4.78 is 0. The van der Waals surface area contributed by atoms with E-state index in [1.807, 2.05) is 0 Å². The topological polar surface area (TPSA) is 78.4 Å². The third-order valence-corrected chi connectivity index (χ3v) is 3.11. The van der Waals surface area contributed by atoms with Gasteiger partial charge in [-0.25, -0.2) is 0 Å². The van der Waals surface area contributed by atoms with Crippen LogP contribution < -0.4 is 10.6 Å². The Bertz CT molecular complexity index is 294. The van der Waals surface area contributed by atoms with Crippen molar-refractivity contribution in [1.82, 2.24) is 10.6 Å². The van der Waals surface area contributed by atoms with Crippen molar-refractivity contribution in [2.24, 2.45) is 11.8 Å². The molecule has 3 N–H and O–H groups in total. The maximum absolute atomic E-state index is 11.7. The third-order valence-electron chi connectivity index (χ3n) is 2.55. The number of nitrogens with one attached hydrogen (secondary N) is 2. The lowest BCUT2D eigenvalue weighted by Gasteiger charge is -2.20. The lowest BCUT2D eigenvalue weighted by atomic mass is 9.95. The quantitative estimate of drug-likeness (QED) is 0.612. The van der Waals surface area contributed by atoms with E-state index in [0.29, 0.717) is 4.99 Å². The summed E-state index contributed by atoms with van der Waals surface area (Å²) in [5, 5.41) is 14.2. The minimum Gasteiger partial charge on any atom is -0.481 e. The van der Waals surface area contributed by atoms with Gasteiger partial charge in [-0.15, -0.1) is 0 Å². The molecule has 0 heterocycles. The number of carbonyl (C=O) groups is 2. The molecule has 0 saturated heterocycles. The molecular formula is C10H18N2O3S. The van der Waals surface area contributed by atoms with Crippen LogP contribution in [0.5, 0.6) is 0 Å². The van der Waals surface area contributed by atoms with Crippen molar-refractivity contribution < 1.29 is 14.7 Å². The van der Waals surface area contributed by atoms with Gasteiger partial charge in [0.05, 0.1) is 16.9 Å². The molecule has 0 saturated carbocycles. The maximum Gasteiger partial charge on any atom is 0.307 e. The van der Waals surface area contributed by atoms with Gasteiger partial charge in [-0.1, -0.05) is 26.1 Å². The molecule has 0 bridgehead atoms. The lowest BCUT2D eigenvalue weighted by Crippen LogP contribution is -2.46. The summed E-state index contributed by atoms with van der Waals surface area (Å²) in [6.07, 6.45) is 0. The van der Waals surface area contributed by atoms with Crippen molar-refractivity contribution in [1.29, 1.82) is 0 Å². The predicted octanol–water partition coefficient (Wildman–Crippen LogP) is 0.395. The van der Waals surface area contributed by atoms with Crippen LogP contribution in [0.1, 0.15) is 20.8 Å². The molecule has 6 heteroatoms. The van der Waals surface area contributed by atoms with Crippen molar-refractivity contribution in [3.05, 3.63) is 0 Å². The lowest BCUT2D eigenvalue weighted by molar-refractivity contribution is -0.146. The van der Waals surface area contributed by atoms with Gasteiger partial charge in [0, 0.05) is 13.0 Å². The number of rotatable bonds is 5. The van der Waals surface area contributed by atoms with E-state index in [1.165, 1.54) is 6.92 Å². The number of amides is 1. The number of thiocarbonyl (C=S) groups is 1. The summed E-state index contributed by atoms with van der Waals surface area (Å²) >= 11 is 4.96. The first-order chi connectivity index (χ1) is 7.31. The zero-order valence-corrected chi connectivity index (χ0v) is 10.7. The Labute approximate surface area is 101 Å². The zero-order chi connectivity index (χ0) is 12.9. The summed E-state index contributed by atoms with van der Waals surface area (Å²) in [6, 6.07) is -0.295. The van der Waals surface area contributed by atoms with E-state index >= 15 is 0 Å². The SMILES string of the molecule is CNC(=S)C(C)NC(=O)C(C)C(C)C(=O)O. The first kappa shape index (κ1) is 14.8. The van der Waals surface area contributed by atoms with Crippen LogP contribution >= 0.6 is 12.2 Å². The van der Waals surface area contributed by atoms with Gasteiger partial charge in [0.15, 0.2) is 0 Å². The third kappa shape index (κ3) is 4.14. The molecule has 0 aromatic heterocycles. The number of carboxylic acids is 1. The summed E-state index contributed by atoms with van der Waals surface area (Å²) in [7, 11) is 1.67. The monoisotopic (exact) mass is 246 g/mol. The minimum atomic E-state index is -0.980. The fourth-order valence-electron chi connectivity index (χ4n) is 1.07. The van der Waals surface area contributed by atoms with Crippen LogP contribution in [0.25, 0.3) is 0 Å². The highest BCUT2D eigenvalue weighted by molar-refractivity contribution is 7.80. The maximum atomic E-state index is 11.7. The Morgan fingerprint density at radius 2 is 1.69 bits per heavy atom. The predicted molar refractivity (Wildman–Crippen MR) is 65.2 cm³/mol. The van der Waals surface area contributed by atoms with Crippen molar-refractivity contribution in [2.75, 3.05) is 7.05 Å². The summed E-state index contributed by atoms with van der Waals surface area (Å²) in [5.41, 5.74) is 0. The molecule has 0 spiro atoms. The van der Waals surface area contributed by atoms with Crippen LogP contribution in [0.3, 0.4) is 0 Å². The molecular weight excluding hydrogens is 228 g/mol. The van der Waals surface area contributed by atoms with Gasteiger partial charge >= 0.3 is 5.97 Å². The normalized spacial score (nSPS) is 15.8.